The first kappa shape index (κ1) is 13.4. The van der Waals surface area contributed by atoms with Gasteiger partial charge in [-0.3, -0.25) is 0 Å². The Kier molecular flexibility index (Phi) is 4.03. The highest BCUT2D eigenvalue weighted by molar-refractivity contribution is 6.32. The third-order valence-electron chi connectivity index (χ3n) is 2.67. The summed E-state index contributed by atoms with van der Waals surface area (Å²) in [6, 6.07) is 11.8. The van der Waals surface area contributed by atoms with Crippen LogP contribution < -0.4 is 4.74 Å². The van der Waals surface area contributed by atoms with Crippen LogP contribution in [0.5, 0.6) is 5.75 Å². The molecule has 0 amide bonds. The van der Waals surface area contributed by atoms with Crippen LogP contribution in [0.3, 0.4) is 0 Å². The fourth-order valence-corrected chi connectivity index (χ4v) is 1.95. The quantitative estimate of drug-likeness (QED) is 0.839. The Morgan fingerprint density at radius 2 is 2.11 bits per heavy atom. The Labute approximate surface area is 116 Å². The molecule has 0 spiro atoms. The van der Waals surface area contributed by atoms with E-state index in [9.17, 15) is 4.39 Å². The predicted molar refractivity (Wildman–Crippen MR) is 71.6 cm³/mol. The van der Waals surface area contributed by atoms with Crippen LogP contribution in [0.25, 0.3) is 0 Å². The lowest BCUT2D eigenvalue weighted by molar-refractivity contribution is 0.300. The number of nitriles is 1. The van der Waals surface area contributed by atoms with Gasteiger partial charge in [0, 0.05) is 5.56 Å². The van der Waals surface area contributed by atoms with Crippen LogP contribution in [0.4, 0.5) is 4.39 Å². The van der Waals surface area contributed by atoms with Crippen LogP contribution in [-0.4, -0.2) is 0 Å². The van der Waals surface area contributed by atoms with Gasteiger partial charge in [0.25, 0.3) is 0 Å². The summed E-state index contributed by atoms with van der Waals surface area (Å²) >= 11 is 6.02. The first-order chi connectivity index (χ1) is 9.11. The maximum Gasteiger partial charge on any atom is 0.147 e. The standard InChI is InChI=1S/C15H11ClFNO/c1-10-5-6-14(13(16)7-10)19-9-12-4-2-3-11(8-18)15(12)17/h2-7H,9H2,1H3. The van der Waals surface area contributed by atoms with Gasteiger partial charge in [-0.15, -0.1) is 0 Å². The molecule has 0 bridgehead atoms. The third kappa shape index (κ3) is 3.04. The van der Waals surface area contributed by atoms with E-state index in [1.54, 1.807) is 30.3 Å². The number of aryl methyl sites for hydroxylation is 1. The lowest BCUT2D eigenvalue weighted by Gasteiger charge is -2.09. The average Bonchev–Trinajstić information content (AvgIpc) is 2.39. The number of benzene rings is 2. The summed E-state index contributed by atoms with van der Waals surface area (Å²) in [5, 5.41) is 9.23. The van der Waals surface area contributed by atoms with Gasteiger partial charge in [0.2, 0.25) is 0 Å². The van der Waals surface area contributed by atoms with E-state index in [-0.39, 0.29) is 12.2 Å². The minimum atomic E-state index is -0.548. The third-order valence-corrected chi connectivity index (χ3v) is 2.97. The van der Waals surface area contributed by atoms with Gasteiger partial charge >= 0.3 is 0 Å². The summed E-state index contributed by atoms with van der Waals surface area (Å²) in [6.07, 6.45) is 0. The maximum atomic E-state index is 13.8. The van der Waals surface area contributed by atoms with Crippen LogP contribution in [0.1, 0.15) is 16.7 Å². The molecule has 2 rings (SSSR count). The number of nitrogens with zero attached hydrogens (tertiary/aromatic N) is 1. The van der Waals surface area contributed by atoms with Crippen LogP contribution in [-0.2, 0) is 6.61 Å². The van der Waals surface area contributed by atoms with Crippen molar-refractivity contribution >= 4 is 11.6 Å². The summed E-state index contributed by atoms with van der Waals surface area (Å²) in [5.41, 5.74) is 1.36. The van der Waals surface area contributed by atoms with Crippen molar-refractivity contribution in [2.45, 2.75) is 13.5 Å². The molecule has 0 fully saturated rings. The molecule has 2 aromatic carbocycles. The maximum absolute atomic E-state index is 13.8. The molecular weight excluding hydrogens is 265 g/mol. The predicted octanol–water partition coefficient (Wildman–Crippen LogP) is 4.24. The van der Waals surface area contributed by atoms with E-state index in [0.29, 0.717) is 16.3 Å². The molecule has 19 heavy (non-hydrogen) atoms. The van der Waals surface area contributed by atoms with Crippen LogP contribution in [0.15, 0.2) is 36.4 Å². The zero-order valence-electron chi connectivity index (χ0n) is 10.3. The van der Waals surface area contributed by atoms with Crippen molar-refractivity contribution in [2.24, 2.45) is 0 Å². The van der Waals surface area contributed by atoms with E-state index < -0.39 is 5.82 Å². The molecule has 0 aliphatic carbocycles. The first-order valence-corrected chi connectivity index (χ1v) is 6.06. The molecule has 2 nitrogen and oxygen atoms in total. The van der Waals surface area contributed by atoms with Crippen molar-refractivity contribution in [1.29, 1.82) is 5.26 Å². The number of ether oxygens (including phenoxy) is 1. The van der Waals surface area contributed by atoms with Gasteiger partial charge in [0.05, 0.1) is 10.6 Å². The van der Waals surface area contributed by atoms with E-state index in [1.165, 1.54) is 6.07 Å². The molecule has 0 aliphatic heterocycles. The van der Waals surface area contributed by atoms with E-state index >= 15 is 0 Å². The first-order valence-electron chi connectivity index (χ1n) is 5.68. The second kappa shape index (κ2) is 5.73. The fraction of sp³-hybridized carbons (Fsp3) is 0.133. The Bertz CT molecular complexity index is 649. The summed E-state index contributed by atoms with van der Waals surface area (Å²) in [7, 11) is 0. The van der Waals surface area contributed by atoms with Crippen molar-refractivity contribution in [1.82, 2.24) is 0 Å². The Balaban J connectivity index is 2.17. The highest BCUT2D eigenvalue weighted by atomic mass is 35.5. The van der Waals surface area contributed by atoms with Crippen LogP contribution >= 0.6 is 11.6 Å². The number of rotatable bonds is 3. The van der Waals surface area contributed by atoms with E-state index in [1.807, 2.05) is 13.0 Å². The average molecular weight is 276 g/mol. The topological polar surface area (TPSA) is 33.0 Å². The molecule has 0 aromatic heterocycles. The molecule has 0 atom stereocenters. The van der Waals surface area contributed by atoms with E-state index in [2.05, 4.69) is 0 Å². The summed E-state index contributed by atoms with van der Waals surface area (Å²) in [4.78, 5) is 0. The Morgan fingerprint density at radius 1 is 1.32 bits per heavy atom. The summed E-state index contributed by atoms with van der Waals surface area (Å²) in [6.45, 7) is 1.95. The largest absolute Gasteiger partial charge is 0.487 e. The molecule has 0 saturated heterocycles. The molecule has 2 aromatic rings. The zero-order valence-corrected chi connectivity index (χ0v) is 11.0. The number of hydrogen-bond acceptors (Lipinski definition) is 2. The SMILES string of the molecule is Cc1ccc(OCc2cccc(C#N)c2F)c(Cl)c1. The van der Waals surface area contributed by atoms with Crippen molar-refractivity contribution in [2.75, 3.05) is 0 Å². The number of halogens is 2. The molecule has 0 heterocycles. The molecular formula is C15H11ClFNO. The molecule has 96 valence electrons. The Morgan fingerprint density at radius 3 is 2.79 bits per heavy atom. The molecule has 0 unspecified atom stereocenters. The smallest absolute Gasteiger partial charge is 0.147 e. The van der Waals surface area contributed by atoms with E-state index in [0.717, 1.165) is 5.56 Å². The zero-order chi connectivity index (χ0) is 13.8. The number of hydrogen-bond donors (Lipinski definition) is 0. The molecule has 0 saturated carbocycles. The molecule has 0 aliphatic rings. The molecule has 4 heteroatoms. The summed E-state index contributed by atoms with van der Waals surface area (Å²) in [5.74, 6) is -0.0535. The van der Waals surface area contributed by atoms with Crippen molar-refractivity contribution in [3.8, 4) is 11.8 Å². The minimum absolute atomic E-state index is 0.0103. The normalized spacial score (nSPS) is 10.0. The van der Waals surface area contributed by atoms with Crippen molar-refractivity contribution < 1.29 is 9.13 Å². The fourth-order valence-electron chi connectivity index (χ4n) is 1.66. The second-order valence-electron chi connectivity index (χ2n) is 4.11. The minimum Gasteiger partial charge on any atom is -0.487 e. The van der Waals surface area contributed by atoms with Gasteiger partial charge in [-0.1, -0.05) is 29.8 Å². The summed E-state index contributed by atoms with van der Waals surface area (Å²) < 4.78 is 19.3. The van der Waals surface area contributed by atoms with Crippen LogP contribution in [0.2, 0.25) is 5.02 Å². The molecule has 0 radical (unpaired) electrons. The van der Waals surface area contributed by atoms with E-state index in [4.69, 9.17) is 21.6 Å². The van der Waals surface area contributed by atoms with Gasteiger partial charge in [-0.05, 0) is 30.7 Å². The van der Waals surface area contributed by atoms with Crippen molar-refractivity contribution in [3.63, 3.8) is 0 Å². The van der Waals surface area contributed by atoms with Crippen LogP contribution in [0, 0.1) is 24.1 Å². The lowest BCUT2D eigenvalue weighted by Crippen LogP contribution is -2.00. The van der Waals surface area contributed by atoms with Gasteiger partial charge in [0.15, 0.2) is 0 Å². The lowest BCUT2D eigenvalue weighted by atomic mass is 10.1. The van der Waals surface area contributed by atoms with Crippen molar-refractivity contribution in [3.05, 3.63) is 63.9 Å². The highest BCUT2D eigenvalue weighted by Crippen LogP contribution is 2.26. The second-order valence-corrected chi connectivity index (χ2v) is 4.52. The van der Waals surface area contributed by atoms with Gasteiger partial charge in [-0.2, -0.15) is 5.26 Å². The Hall–Kier alpha value is -2.05. The highest BCUT2D eigenvalue weighted by Gasteiger charge is 2.09. The van der Waals surface area contributed by atoms with Gasteiger partial charge < -0.3 is 4.74 Å². The van der Waals surface area contributed by atoms with Gasteiger partial charge in [-0.25, -0.2) is 4.39 Å². The molecule has 0 N–H and O–H groups in total. The monoisotopic (exact) mass is 275 g/mol. The van der Waals surface area contributed by atoms with Gasteiger partial charge in [0.1, 0.15) is 24.2 Å².